The van der Waals surface area contributed by atoms with Crippen LogP contribution in [0.3, 0.4) is 0 Å². The fourth-order valence-corrected chi connectivity index (χ4v) is 1.98. The van der Waals surface area contributed by atoms with Crippen molar-refractivity contribution in [2.45, 2.75) is 11.8 Å². The highest BCUT2D eigenvalue weighted by molar-refractivity contribution is 7.96. The Morgan fingerprint density at radius 1 is 1.27 bits per heavy atom. The lowest BCUT2D eigenvalue weighted by Crippen LogP contribution is -2.12. The van der Waals surface area contributed by atoms with Crippen LogP contribution in [0.25, 0.3) is 0 Å². The van der Waals surface area contributed by atoms with E-state index in [9.17, 15) is 13.2 Å². The Labute approximate surface area is 87.8 Å². The van der Waals surface area contributed by atoms with Gasteiger partial charge in [0.05, 0.1) is 4.90 Å². The van der Waals surface area contributed by atoms with Gasteiger partial charge in [0.15, 0.2) is 0 Å². The van der Waals surface area contributed by atoms with Gasteiger partial charge in [-0.1, -0.05) is 24.3 Å². The minimum absolute atomic E-state index is 0.0551. The van der Waals surface area contributed by atoms with E-state index in [0.29, 0.717) is 0 Å². The molecular weight excluding hydrogens is 216 g/mol. The molecule has 15 heavy (non-hydrogen) atoms. The molecule has 0 aromatic heterocycles. The molecule has 0 spiro atoms. The summed E-state index contributed by atoms with van der Waals surface area (Å²) in [4.78, 5) is 9.64. The van der Waals surface area contributed by atoms with Gasteiger partial charge in [-0.05, 0) is 19.1 Å². The van der Waals surface area contributed by atoms with Gasteiger partial charge in [-0.15, -0.1) is 0 Å². The Balaban J connectivity index is 3.24. The summed E-state index contributed by atoms with van der Waals surface area (Å²) >= 11 is 0. The van der Waals surface area contributed by atoms with Gasteiger partial charge in [-0.3, -0.25) is 0 Å². The molecule has 0 saturated heterocycles. The lowest BCUT2D eigenvalue weighted by atomic mass is 10.2. The lowest BCUT2D eigenvalue weighted by Gasteiger charge is -2.03. The highest BCUT2D eigenvalue weighted by Crippen LogP contribution is 2.18. The fraction of sp³-hybridized carbons (Fsp3) is 0.100. The van der Waals surface area contributed by atoms with Crippen molar-refractivity contribution in [2.75, 3.05) is 0 Å². The summed E-state index contributed by atoms with van der Waals surface area (Å²) < 4.78 is 23.2. The molecule has 0 amide bonds. The second-order valence-corrected chi connectivity index (χ2v) is 5.02. The summed E-state index contributed by atoms with van der Waals surface area (Å²) in [6, 6.07) is 5.92. The number of aliphatic carboxylic acids is 1. The summed E-state index contributed by atoms with van der Waals surface area (Å²) in [6.07, 6.45) is 0. The van der Waals surface area contributed by atoms with Crippen LogP contribution < -0.4 is 0 Å². The minimum atomic E-state index is -3.95. The molecule has 0 aliphatic heterocycles. The number of hydrogen-bond acceptors (Lipinski definition) is 3. The van der Waals surface area contributed by atoms with Crippen molar-refractivity contribution in [1.29, 1.82) is 0 Å². The van der Waals surface area contributed by atoms with Gasteiger partial charge in [0, 0.05) is 0 Å². The molecular formula is C10H10O4S. The first-order chi connectivity index (χ1) is 6.85. The number of aryl methyl sites for hydroxylation is 1. The minimum Gasteiger partial charge on any atom is -0.477 e. The van der Waals surface area contributed by atoms with E-state index in [2.05, 4.69) is 6.58 Å². The zero-order valence-electron chi connectivity index (χ0n) is 8.10. The average molecular weight is 226 g/mol. The van der Waals surface area contributed by atoms with Crippen molar-refractivity contribution in [3.8, 4) is 0 Å². The van der Waals surface area contributed by atoms with Crippen molar-refractivity contribution in [2.24, 2.45) is 0 Å². The average Bonchev–Trinajstić information content (AvgIpc) is 2.17. The molecule has 0 radical (unpaired) electrons. The van der Waals surface area contributed by atoms with Crippen LogP contribution >= 0.6 is 0 Å². The van der Waals surface area contributed by atoms with Crippen LogP contribution in [-0.4, -0.2) is 19.5 Å². The SMILES string of the molecule is C=C(C(=O)O)S(=O)(=O)c1ccc(C)cc1. The van der Waals surface area contributed by atoms with Crippen LogP contribution in [0.15, 0.2) is 40.6 Å². The van der Waals surface area contributed by atoms with Crippen LogP contribution in [-0.2, 0) is 14.6 Å². The van der Waals surface area contributed by atoms with Gasteiger partial charge < -0.3 is 5.11 Å². The summed E-state index contributed by atoms with van der Waals surface area (Å²) in [5, 5.41) is 8.55. The highest BCUT2D eigenvalue weighted by Gasteiger charge is 2.24. The number of carbonyl (C=O) groups is 1. The number of rotatable bonds is 3. The van der Waals surface area contributed by atoms with Crippen molar-refractivity contribution in [3.63, 3.8) is 0 Å². The van der Waals surface area contributed by atoms with Crippen LogP contribution in [0.2, 0.25) is 0 Å². The number of carboxylic acid groups (broad SMARTS) is 1. The normalized spacial score (nSPS) is 11.0. The van der Waals surface area contributed by atoms with E-state index in [1.807, 2.05) is 6.92 Å². The topological polar surface area (TPSA) is 71.4 Å². The standard InChI is InChI=1S/C10H10O4S/c1-7-3-5-9(6-4-7)15(13,14)8(2)10(11)12/h3-6H,2H2,1H3,(H,11,12). The third-order valence-electron chi connectivity index (χ3n) is 1.89. The van der Waals surface area contributed by atoms with Crippen LogP contribution in [0.1, 0.15) is 5.56 Å². The fourth-order valence-electron chi connectivity index (χ4n) is 0.975. The molecule has 0 aliphatic rings. The molecule has 1 aromatic rings. The first-order valence-corrected chi connectivity index (χ1v) is 5.58. The molecule has 1 rings (SSSR count). The van der Waals surface area contributed by atoms with Crippen molar-refractivity contribution in [1.82, 2.24) is 0 Å². The maximum Gasteiger partial charge on any atom is 0.347 e. The predicted molar refractivity (Wildman–Crippen MR) is 55.1 cm³/mol. The Hall–Kier alpha value is -1.62. The lowest BCUT2D eigenvalue weighted by molar-refractivity contribution is -0.131. The van der Waals surface area contributed by atoms with Crippen molar-refractivity contribution in [3.05, 3.63) is 41.3 Å². The number of carboxylic acids is 1. The van der Waals surface area contributed by atoms with E-state index in [0.717, 1.165) is 5.56 Å². The quantitative estimate of drug-likeness (QED) is 0.790. The van der Waals surface area contributed by atoms with E-state index in [-0.39, 0.29) is 4.90 Å². The van der Waals surface area contributed by atoms with E-state index < -0.39 is 20.7 Å². The zero-order valence-corrected chi connectivity index (χ0v) is 8.91. The summed E-state index contributed by atoms with van der Waals surface area (Å²) in [5.41, 5.74) is 0.898. The smallest absolute Gasteiger partial charge is 0.347 e. The monoisotopic (exact) mass is 226 g/mol. The van der Waals surface area contributed by atoms with Crippen molar-refractivity contribution < 1.29 is 18.3 Å². The third-order valence-corrected chi connectivity index (χ3v) is 3.61. The molecule has 0 unspecified atom stereocenters. The van der Waals surface area contributed by atoms with Gasteiger partial charge >= 0.3 is 5.97 Å². The second kappa shape index (κ2) is 3.86. The third kappa shape index (κ3) is 2.24. The molecule has 0 saturated carbocycles. The first kappa shape index (κ1) is 11.5. The van der Waals surface area contributed by atoms with E-state index >= 15 is 0 Å². The molecule has 1 aromatic carbocycles. The molecule has 80 valence electrons. The van der Waals surface area contributed by atoms with Crippen molar-refractivity contribution >= 4 is 15.8 Å². The molecule has 0 aliphatic carbocycles. The van der Waals surface area contributed by atoms with Gasteiger partial charge in [-0.25, -0.2) is 13.2 Å². The van der Waals surface area contributed by atoms with Gasteiger partial charge in [0.2, 0.25) is 9.84 Å². The molecule has 0 heterocycles. The molecule has 4 nitrogen and oxygen atoms in total. The van der Waals surface area contributed by atoms with Crippen LogP contribution in [0.5, 0.6) is 0 Å². The van der Waals surface area contributed by atoms with E-state index in [1.54, 1.807) is 12.1 Å². The van der Waals surface area contributed by atoms with E-state index in [1.165, 1.54) is 12.1 Å². The Morgan fingerprint density at radius 2 is 1.73 bits per heavy atom. The maximum atomic E-state index is 11.6. The number of benzene rings is 1. The largest absolute Gasteiger partial charge is 0.477 e. The summed E-state index contributed by atoms with van der Waals surface area (Å²) in [5.74, 6) is -1.53. The number of sulfone groups is 1. The molecule has 0 atom stereocenters. The molecule has 0 bridgehead atoms. The Kier molecular flexibility index (Phi) is 2.95. The van der Waals surface area contributed by atoms with Gasteiger partial charge in [0.25, 0.3) is 0 Å². The second-order valence-electron chi connectivity index (χ2n) is 3.04. The molecule has 1 N–H and O–H groups in total. The molecule has 0 fully saturated rings. The van der Waals surface area contributed by atoms with Crippen LogP contribution in [0, 0.1) is 6.92 Å². The van der Waals surface area contributed by atoms with Crippen LogP contribution in [0.4, 0.5) is 0 Å². The first-order valence-electron chi connectivity index (χ1n) is 4.09. The van der Waals surface area contributed by atoms with Gasteiger partial charge in [-0.2, -0.15) is 0 Å². The van der Waals surface area contributed by atoms with Gasteiger partial charge in [0.1, 0.15) is 4.91 Å². The summed E-state index contributed by atoms with van der Waals surface area (Å²) in [7, 11) is -3.95. The summed E-state index contributed by atoms with van der Waals surface area (Å²) in [6.45, 7) is 4.85. The van der Waals surface area contributed by atoms with E-state index in [4.69, 9.17) is 5.11 Å². The highest BCUT2D eigenvalue weighted by atomic mass is 32.2. The number of hydrogen-bond donors (Lipinski definition) is 1. The maximum absolute atomic E-state index is 11.6. The Bertz CT molecular complexity index is 497. The predicted octanol–water partition coefficient (Wildman–Crippen LogP) is 1.37. The molecule has 5 heteroatoms. The zero-order chi connectivity index (χ0) is 11.6. The Morgan fingerprint density at radius 3 is 2.13 bits per heavy atom.